The number of amides is 1. The molecule has 1 amide bonds. The van der Waals surface area contributed by atoms with Gasteiger partial charge in [0.1, 0.15) is 0 Å². The van der Waals surface area contributed by atoms with E-state index in [4.69, 9.17) is 23.8 Å². The highest BCUT2D eigenvalue weighted by Crippen LogP contribution is 2.33. The van der Waals surface area contributed by atoms with Crippen LogP contribution in [0.25, 0.3) is 16.6 Å². The molecule has 0 spiro atoms. The molecule has 34 heavy (non-hydrogen) atoms. The molecule has 0 unspecified atom stereocenters. The zero-order valence-corrected chi connectivity index (χ0v) is 19.5. The topological polar surface area (TPSA) is 66.9 Å². The molecule has 1 aliphatic rings. The zero-order valence-electron chi connectivity index (χ0n) is 18.0. The van der Waals surface area contributed by atoms with E-state index in [-0.39, 0.29) is 26.8 Å². The predicted octanol–water partition coefficient (Wildman–Crippen LogP) is 6.34. The Bertz CT molecular complexity index is 1410. The fraction of sp³-hybridized carbons (Fsp3) is 0.292. The van der Waals surface area contributed by atoms with E-state index in [1.807, 2.05) is 0 Å². The Morgan fingerprint density at radius 1 is 1.18 bits per heavy atom. The monoisotopic (exact) mass is 507 g/mol. The van der Waals surface area contributed by atoms with E-state index in [2.05, 4.69) is 16.4 Å². The lowest BCUT2D eigenvalue weighted by Crippen LogP contribution is -2.25. The van der Waals surface area contributed by atoms with Gasteiger partial charge in [-0.25, -0.2) is 0 Å². The van der Waals surface area contributed by atoms with Crippen LogP contribution in [-0.2, 0) is 6.18 Å². The Morgan fingerprint density at radius 3 is 2.68 bits per heavy atom. The summed E-state index contributed by atoms with van der Waals surface area (Å²) in [4.78, 5) is 28.5. The van der Waals surface area contributed by atoms with E-state index < -0.39 is 17.3 Å². The molecule has 1 aliphatic carbocycles. The van der Waals surface area contributed by atoms with Gasteiger partial charge in [0.15, 0.2) is 4.77 Å². The van der Waals surface area contributed by atoms with E-state index in [1.165, 1.54) is 36.6 Å². The van der Waals surface area contributed by atoms with Gasteiger partial charge in [-0.3, -0.25) is 14.2 Å². The lowest BCUT2D eigenvalue weighted by Gasteiger charge is -2.14. The second kappa shape index (κ2) is 9.76. The highest BCUT2D eigenvalue weighted by atomic mass is 35.5. The van der Waals surface area contributed by atoms with Crippen molar-refractivity contribution in [2.45, 2.75) is 38.3 Å². The van der Waals surface area contributed by atoms with E-state index in [1.54, 1.807) is 0 Å². The molecule has 0 saturated heterocycles. The highest BCUT2D eigenvalue weighted by molar-refractivity contribution is 7.71. The average molecular weight is 508 g/mol. The molecule has 0 saturated carbocycles. The number of benzene rings is 2. The first-order valence-corrected chi connectivity index (χ1v) is 11.6. The summed E-state index contributed by atoms with van der Waals surface area (Å²) < 4.78 is 40.3. The number of alkyl halides is 3. The Balaban J connectivity index is 1.63. The minimum absolute atomic E-state index is 0.0574. The van der Waals surface area contributed by atoms with Crippen molar-refractivity contribution in [2.75, 3.05) is 6.54 Å². The number of fused-ring (bicyclic) bond motifs is 1. The second-order valence-electron chi connectivity index (χ2n) is 8.11. The number of H-pyrrole nitrogens is 1. The average Bonchev–Trinajstić information content (AvgIpc) is 2.79. The number of rotatable bonds is 5. The van der Waals surface area contributed by atoms with Crippen molar-refractivity contribution in [1.82, 2.24) is 14.9 Å². The predicted molar refractivity (Wildman–Crippen MR) is 128 cm³/mol. The molecule has 0 atom stereocenters. The normalized spacial score (nSPS) is 14.2. The van der Waals surface area contributed by atoms with Crippen molar-refractivity contribution in [3.63, 3.8) is 0 Å². The molecule has 0 aliphatic heterocycles. The number of halogens is 4. The zero-order chi connectivity index (χ0) is 24.5. The second-order valence-corrected chi connectivity index (χ2v) is 8.90. The van der Waals surface area contributed by atoms with Gasteiger partial charge in [0.05, 0.1) is 27.2 Å². The van der Waals surface area contributed by atoms with Gasteiger partial charge in [-0.15, -0.1) is 0 Å². The molecular weight excluding hydrogens is 487 g/mol. The molecule has 1 heterocycles. The van der Waals surface area contributed by atoms with Crippen molar-refractivity contribution in [3.05, 3.63) is 79.3 Å². The number of nitrogens with zero attached hydrogens (tertiary/aromatic N) is 1. The first-order chi connectivity index (χ1) is 16.1. The number of carbonyl (C=O) groups is 1. The van der Waals surface area contributed by atoms with Crippen LogP contribution < -0.4 is 10.9 Å². The summed E-state index contributed by atoms with van der Waals surface area (Å²) in [5.41, 5.74) is 0.217. The quantitative estimate of drug-likeness (QED) is 0.313. The fourth-order valence-electron chi connectivity index (χ4n) is 4.01. The van der Waals surface area contributed by atoms with Crippen LogP contribution in [0.1, 0.15) is 48.0 Å². The minimum atomic E-state index is -4.61. The van der Waals surface area contributed by atoms with Crippen LogP contribution in [0.15, 0.2) is 52.8 Å². The van der Waals surface area contributed by atoms with Crippen LogP contribution in [0.3, 0.4) is 0 Å². The molecule has 2 N–H and O–H groups in total. The number of carbonyl (C=O) groups excluding carboxylic acids is 1. The molecule has 5 nitrogen and oxygen atoms in total. The number of hydrogen-bond acceptors (Lipinski definition) is 3. The molecule has 0 fully saturated rings. The third-order valence-corrected chi connectivity index (χ3v) is 6.40. The van der Waals surface area contributed by atoms with Crippen molar-refractivity contribution < 1.29 is 18.0 Å². The summed E-state index contributed by atoms with van der Waals surface area (Å²) in [5, 5.41) is 2.98. The lowest BCUT2D eigenvalue weighted by molar-refractivity contribution is -0.137. The number of aromatic nitrogens is 2. The van der Waals surface area contributed by atoms with Gasteiger partial charge >= 0.3 is 6.18 Å². The summed E-state index contributed by atoms with van der Waals surface area (Å²) >= 11 is 11.4. The number of hydrogen-bond donors (Lipinski definition) is 2. The first kappa shape index (κ1) is 24.2. The fourth-order valence-corrected chi connectivity index (χ4v) is 4.50. The van der Waals surface area contributed by atoms with Gasteiger partial charge in [-0.1, -0.05) is 23.3 Å². The van der Waals surface area contributed by atoms with Gasteiger partial charge in [0, 0.05) is 12.1 Å². The Kier molecular flexibility index (Phi) is 6.95. The number of nitrogens with one attached hydrogen (secondary N) is 2. The smallest absolute Gasteiger partial charge is 0.352 e. The van der Waals surface area contributed by atoms with Crippen LogP contribution in [0.4, 0.5) is 13.2 Å². The Hall–Kier alpha value is -2.91. The standard InChI is InChI=1S/C24H21ClF3N3O2S/c25-18-9-7-16(24(26,27)28)13-20(18)31-22(33)17-8-6-15(12-19(17)30-23(31)34)21(32)29-11-10-14-4-2-1-3-5-14/h4,6-9,12-13H,1-3,5,10-11H2,(H,29,32)(H,30,34). The Morgan fingerprint density at radius 2 is 1.97 bits per heavy atom. The van der Waals surface area contributed by atoms with Crippen LogP contribution in [-0.4, -0.2) is 22.0 Å². The van der Waals surface area contributed by atoms with Gasteiger partial charge in [0.2, 0.25) is 0 Å². The van der Waals surface area contributed by atoms with Crippen molar-refractivity contribution in [3.8, 4) is 5.69 Å². The van der Waals surface area contributed by atoms with E-state index >= 15 is 0 Å². The SMILES string of the molecule is O=C(NCCC1=CCCCC1)c1ccc2c(=O)n(-c3cc(C(F)(F)F)ccc3Cl)c(=S)[nH]c2c1. The van der Waals surface area contributed by atoms with Gasteiger partial charge in [0.25, 0.3) is 11.5 Å². The summed E-state index contributed by atoms with van der Waals surface area (Å²) in [7, 11) is 0. The Labute approximate surface area is 203 Å². The molecule has 10 heteroatoms. The molecule has 0 radical (unpaired) electrons. The third-order valence-electron chi connectivity index (χ3n) is 5.79. The largest absolute Gasteiger partial charge is 0.416 e. The van der Waals surface area contributed by atoms with E-state index in [0.29, 0.717) is 17.6 Å². The summed E-state index contributed by atoms with van der Waals surface area (Å²) in [6.07, 6.45) is 2.93. The molecule has 4 rings (SSSR count). The van der Waals surface area contributed by atoms with Crippen LogP contribution in [0.5, 0.6) is 0 Å². The van der Waals surface area contributed by atoms with Crippen molar-refractivity contribution in [2.24, 2.45) is 0 Å². The van der Waals surface area contributed by atoms with E-state index in [0.717, 1.165) is 42.0 Å². The van der Waals surface area contributed by atoms with E-state index in [9.17, 15) is 22.8 Å². The first-order valence-electron chi connectivity index (χ1n) is 10.8. The molecular formula is C24H21ClF3N3O2S. The highest BCUT2D eigenvalue weighted by Gasteiger charge is 2.31. The van der Waals surface area contributed by atoms with Gasteiger partial charge < -0.3 is 10.3 Å². The maximum Gasteiger partial charge on any atom is 0.416 e. The maximum absolute atomic E-state index is 13.2. The molecule has 1 aromatic heterocycles. The summed E-state index contributed by atoms with van der Waals surface area (Å²) in [6.45, 7) is 0.508. The van der Waals surface area contributed by atoms with Crippen LogP contribution in [0.2, 0.25) is 5.02 Å². The van der Waals surface area contributed by atoms with Crippen molar-refractivity contribution >= 4 is 40.6 Å². The molecule has 3 aromatic rings. The minimum Gasteiger partial charge on any atom is -0.352 e. The number of aromatic amines is 1. The molecule has 0 bridgehead atoms. The maximum atomic E-state index is 13.2. The third kappa shape index (κ3) is 5.10. The molecule has 178 valence electrons. The summed E-state index contributed by atoms with van der Waals surface area (Å²) in [6, 6.07) is 7.12. The van der Waals surface area contributed by atoms with Crippen LogP contribution >= 0.6 is 23.8 Å². The summed E-state index contributed by atoms with van der Waals surface area (Å²) in [5.74, 6) is -0.289. The van der Waals surface area contributed by atoms with Gasteiger partial charge in [-0.05, 0) is 80.7 Å². The molecule has 2 aromatic carbocycles. The number of allylic oxidation sites excluding steroid dienone is 1. The van der Waals surface area contributed by atoms with Crippen LogP contribution in [0, 0.1) is 4.77 Å². The lowest BCUT2D eigenvalue weighted by atomic mass is 9.97. The van der Waals surface area contributed by atoms with Gasteiger partial charge in [-0.2, -0.15) is 13.2 Å². The van der Waals surface area contributed by atoms with Crippen molar-refractivity contribution in [1.29, 1.82) is 0 Å².